The second-order valence-corrected chi connectivity index (χ2v) is 9.53. The first kappa shape index (κ1) is 24.2. The molecule has 2 aliphatic heterocycles. The van der Waals surface area contributed by atoms with Gasteiger partial charge in [0.25, 0.3) is 5.91 Å². The average molecular weight is 465 g/mol. The first-order valence-corrected chi connectivity index (χ1v) is 12.3. The second kappa shape index (κ2) is 11.5. The molecule has 7 heteroatoms. The highest BCUT2D eigenvalue weighted by Gasteiger charge is 2.26. The van der Waals surface area contributed by atoms with Crippen LogP contribution in [0.5, 0.6) is 0 Å². The van der Waals surface area contributed by atoms with Crippen molar-refractivity contribution in [2.75, 3.05) is 26.2 Å². The summed E-state index contributed by atoms with van der Waals surface area (Å²) in [6, 6.07) is 18.0. The number of ether oxygens (including phenoxy) is 1. The molecule has 2 aromatic carbocycles. The third-order valence-electron chi connectivity index (χ3n) is 6.53. The van der Waals surface area contributed by atoms with Crippen molar-refractivity contribution in [1.29, 1.82) is 0 Å². The zero-order valence-corrected chi connectivity index (χ0v) is 20.2. The molecule has 2 aromatic rings. The molecule has 0 aromatic heterocycles. The minimum absolute atomic E-state index is 0.0258. The van der Waals surface area contributed by atoms with Gasteiger partial charge in [0.15, 0.2) is 0 Å². The predicted octanol–water partition coefficient (Wildman–Crippen LogP) is 3.40. The molecule has 0 radical (unpaired) electrons. The van der Waals surface area contributed by atoms with Crippen LogP contribution in [0.4, 0.5) is 4.79 Å². The molecule has 2 fully saturated rings. The van der Waals surface area contributed by atoms with Crippen molar-refractivity contribution in [2.24, 2.45) is 0 Å². The van der Waals surface area contributed by atoms with Crippen LogP contribution in [-0.4, -0.2) is 66.2 Å². The van der Waals surface area contributed by atoms with Gasteiger partial charge in [0, 0.05) is 50.9 Å². The van der Waals surface area contributed by atoms with Crippen LogP contribution in [-0.2, 0) is 17.8 Å². The summed E-state index contributed by atoms with van der Waals surface area (Å²) in [5.41, 5.74) is 2.96. The fourth-order valence-corrected chi connectivity index (χ4v) is 4.79. The van der Waals surface area contributed by atoms with Crippen LogP contribution in [0, 0.1) is 0 Å². The molecule has 0 bridgehead atoms. The Morgan fingerprint density at radius 3 is 2.21 bits per heavy atom. The number of hydrogen-bond acceptors (Lipinski definition) is 4. The van der Waals surface area contributed by atoms with Crippen LogP contribution in [0.15, 0.2) is 54.6 Å². The lowest BCUT2D eigenvalue weighted by Gasteiger charge is -2.35. The van der Waals surface area contributed by atoms with E-state index in [2.05, 4.69) is 39.8 Å². The van der Waals surface area contributed by atoms with Crippen LogP contribution in [0.1, 0.15) is 48.2 Å². The van der Waals surface area contributed by atoms with E-state index < -0.39 is 0 Å². The number of nitrogens with zero attached hydrogens (tertiary/aromatic N) is 2. The molecule has 2 N–H and O–H groups in total. The molecule has 2 unspecified atom stereocenters. The Morgan fingerprint density at radius 2 is 1.56 bits per heavy atom. The van der Waals surface area contributed by atoms with E-state index in [1.807, 2.05) is 49.1 Å². The van der Waals surface area contributed by atoms with Crippen LogP contribution >= 0.6 is 0 Å². The van der Waals surface area contributed by atoms with E-state index in [1.165, 1.54) is 5.56 Å². The summed E-state index contributed by atoms with van der Waals surface area (Å²) in [7, 11) is 0. The SMILES string of the molecule is CC1CN(C(=O)c2ccc(CNC(=O)NC3CCN(Cc4ccccc4)CC3)cc2)CC(C)O1. The molecule has 7 nitrogen and oxygen atoms in total. The van der Waals surface area contributed by atoms with Crippen LogP contribution < -0.4 is 10.6 Å². The summed E-state index contributed by atoms with van der Waals surface area (Å²) < 4.78 is 5.72. The van der Waals surface area contributed by atoms with Gasteiger partial charge < -0.3 is 20.3 Å². The fourth-order valence-electron chi connectivity index (χ4n) is 4.79. The number of benzene rings is 2. The molecule has 2 aliphatic rings. The standard InChI is InChI=1S/C27H36N4O3/c1-20-17-31(18-21(2)34-20)26(32)24-10-8-22(9-11-24)16-28-27(33)29-25-12-14-30(15-13-25)19-23-6-4-3-5-7-23/h3-11,20-21,25H,12-19H2,1-2H3,(H2,28,29,33). The smallest absolute Gasteiger partial charge is 0.315 e. The molecule has 2 saturated heterocycles. The van der Waals surface area contributed by atoms with E-state index in [0.717, 1.165) is 38.0 Å². The number of morpholine rings is 1. The normalized spacial score (nSPS) is 21.8. The van der Waals surface area contributed by atoms with Crippen molar-refractivity contribution in [3.63, 3.8) is 0 Å². The zero-order valence-electron chi connectivity index (χ0n) is 20.2. The Balaban J connectivity index is 1.18. The number of nitrogens with one attached hydrogen (secondary N) is 2. The lowest BCUT2D eigenvalue weighted by molar-refractivity contribution is -0.0586. The van der Waals surface area contributed by atoms with Gasteiger partial charge in [-0.05, 0) is 49.9 Å². The molecule has 3 amide bonds. The Labute approximate surface area is 202 Å². The quantitative estimate of drug-likeness (QED) is 0.687. The molecule has 182 valence electrons. The van der Waals surface area contributed by atoms with Crippen molar-refractivity contribution in [2.45, 2.75) is 58.0 Å². The first-order valence-electron chi connectivity index (χ1n) is 12.3. The third kappa shape index (κ3) is 6.81. The van der Waals surface area contributed by atoms with E-state index in [-0.39, 0.29) is 30.2 Å². The summed E-state index contributed by atoms with van der Waals surface area (Å²) in [6.45, 7) is 8.55. The second-order valence-electron chi connectivity index (χ2n) is 9.53. The van der Waals surface area contributed by atoms with Crippen LogP contribution in [0.2, 0.25) is 0 Å². The number of amides is 3. The molecule has 4 rings (SSSR count). The Bertz CT molecular complexity index is 932. The van der Waals surface area contributed by atoms with Gasteiger partial charge in [0.05, 0.1) is 12.2 Å². The van der Waals surface area contributed by atoms with Crippen molar-refractivity contribution < 1.29 is 14.3 Å². The van der Waals surface area contributed by atoms with E-state index in [0.29, 0.717) is 25.2 Å². The van der Waals surface area contributed by atoms with Crippen molar-refractivity contribution in [3.8, 4) is 0 Å². The van der Waals surface area contributed by atoms with Gasteiger partial charge in [-0.1, -0.05) is 42.5 Å². The number of rotatable bonds is 6. The molecule has 0 aliphatic carbocycles. The number of hydrogen-bond donors (Lipinski definition) is 2. The molecule has 2 heterocycles. The minimum atomic E-state index is -0.141. The Hall–Kier alpha value is -2.90. The molecule has 0 spiro atoms. The maximum absolute atomic E-state index is 12.8. The number of urea groups is 1. The van der Waals surface area contributed by atoms with Gasteiger partial charge in [-0.3, -0.25) is 9.69 Å². The topological polar surface area (TPSA) is 73.9 Å². The molecule has 2 atom stereocenters. The van der Waals surface area contributed by atoms with Gasteiger partial charge in [-0.15, -0.1) is 0 Å². The number of carbonyl (C=O) groups excluding carboxylic acids is 2. The molecule has 34 heavy (non-hydrogen) atoms. The highest BCUT2D eigenvalue weighted by molar-refractivity contribution is 5.94. The molecule has 0 saturated carbocycles. The summed E-state index contributed by atoms with van der Waals surface area (Å²) in [5, 5.41) is 6.05. The number of likely N-dealkylation sites (tertiary alicyclic amines) is 1. The fraction of sp³-hybridized carbons (Fsp3) is 0.481. The van der Waals surface area contributed by atoms with Crippen LogP contribution in [0.25, 0.3) is 0 Å². The van der Waals surface area contributed by atoms with Gasteiger partial charge in [0.2, 0.25) is 0 Å². The third-order valence-corrected chi connectivity index (χ3v) is 6.53. The Morgan fingerprint density at radius 1 is 0.912 bits per heavy atom. The van der Waals surface area contributed by atoms with Gasteiger partial charge in [-0.2, -0.15) is 0 Å². The van der Waals surface area contributed by atoms with E-state index in [1.54, 1.807) is 0 Å². The minimum Gasteiger partial charge on any atom is -0.372 e. The van der Waals surface area contributed by atoms with Gasteiger partial charge >= 0.3 is 6.03 Å². The summed E-state index contributed by atoms with van der Waals surface area (Å²) in [5.74, 6) is 0.0258. The first-order chi connectivity index (χ1) is 16.5. The van der Waals surface area contributed by atoms with E-state index in [9.17, 15) is 9.59 Å². The van der Waals surface area contributed by atoms with E-state index >= 15 is 0 Å². The average Bonchev–Trinajstić information content (AvgIpc) is 2.84. The highest BCUT2D eigenvalue weighted by atomic mass is 16.5. The zero-order chi connectivity index (χ0) is 23.9. The molecular weight excluding hydrogens is 428 g/mol. The maximum Gasteiger partial charge on any atom is 0.315 e. The summed E-state index contributed by atoms with van der Waals surface area (Å²) >= 11 is 0. The van der Waals surface area contributed by atoms with Crippen molar-refractivity contribution in [1.82, 2.24) is 20.4 Å². The highest BCUT2D eigenvalue weighted by Crippen LogP contribution is 2.16. The van der Waals surface area contributed by atoms with Crippen molar-refractivity contribution in [3.05, 3.63) is 71.3 Å². The van der Waals surface area contributed by atoms with Crippen LogP contribution in [0.3, 0.4) is 0 Å². The number of carbonyl (C=O) groups is 2. The molecular formula is C27H36N4O3. The predicted molar refractivity (Wildman–Crippen MR) is 132 cm³/mol. The largest absolute Gasteiger partial charge is 0.372 e. The van der Waals surface area contributed by atoms with Crippen molar-refractivity contribution >= 4 is 11.9 Å². The monoisotopic (exact) mass is 464 g/mol. The number of piperidine rings is 1. The van der Waals surface area contributed by atoms with Gasteiger partial charge in [0.1, 0.15) is 0 Å². The Kier molecular flexibility index (Phi) is 8.19. The maximum atomic E-state index is 12.8. The lowest BCUT2D eigenvalue weighted by atomic mass is 10.0. The van der Waals surface area contributed by atoms with Gasteiger partial charge in [-0.25, -0.2) is 4.79 Å². The lowest BCUT2D eigenvalue weighted by Crippen LogP contribution is -2.48. The summed E-state index contributed by atoms with van der Waals surface area (Å²) in [4.78, 5) is 29.5. The summed E-state index contributed by atoms with van der Waals surface area (Å²) in [6.07, 6.45) is 2.00. The van der Waals surface area contributed by atoms with E-state index in [4.69, 9.17) is 4.74 Å².